The summed E-state index contributed by atoms with van der Waals surface area (Å²) in [6.07, 6.45) is 4.29. The van der Waals surface area contributed by atoms with Crippen molar-refractivity contribution in [2.45, 2.75) is 31.7 Å². The highest BCUT2D eigenvalue weighted by Crippen LogP contribution is 2.32. The lowest BCUT2D eigenvalue weighted by Crippen LogP contribution is -2.42. The molecule has 1 saturated carbocycles. The molecular formula is C15H22N4O2. The van der Waals surface area contributed by atoms with Gasteiger partial charge in [0.1, 0.15) is 11.9 Å². The Morgan fingerprint density at radius 1 is 1.48 bits per heavy atom. The van der Waals surface area contributed by atoms with Crippen molar-refractivity contribution in [2.24, 2.45) is 5.92 Å². The van der Waals surface area contributed by atoms with Crippen molar-refractivity contribution in [2.75, 3.05) is 30.8 Å². The van der Waals surface area contributed by atoms with Crippen LogP contribution in [0, 0.1) is 5.92 Å². The first kappa shape index (κ1) is 14.0. The molecule has 1 aromatic heterocycles. The summed E-state index contributed by atoms with van der Waals surface area (Å²) in [6.45, 7) is 1.51. The van der Waals surface area contributed by atoms with E-state index in [0.717, 1.165) is 25.2 Å². The van der Waals surface area contributed by atoms with Gasteiger partial charge in [-0.2, -0.15) is 4.98 Å². The monoisotopic (exact) mass is 290 g/mol. The van der Waals surface area contributed by atoms with Crippen LogP contribution in [0.4, 0.5) is 11.5 Å². The summed E-state index contributed by atoms with van der Waals surface area (Å²) >= 11 is 0. The molecule has 1 aromatic rings. The molecule has 3 N–H and O–H groups in total. The highest BCUT2D eigenvalue weighted by atomic mass is 16.5. The van der Waals surface area contributed by atoms with E-state index in [1.165, 1.54) is 12.8 Å². The van der Waals surface area contributed by atoms with Crippen molar-refractivity contribution in [1.82, 2.24) is 10.3 Å². The SMILES string of the molecule is CNC(=O)C1CCCN1c1ccc(N)c(OCC2CC2)n1. The summed E-state index contributed by atoms with van der Waals surface area (Å²) in [5.74, 6) is 1.94. The Balaban J connectivity index is 1.77. The summed E-state index contributed by atoms with van der Waals surface area (Å²) in [5, 5.41) is 2.72. The maximum absolute atomic E-state index is 11.9. The number of hydrogen-bond donors (Lipinski definition) is 2. The van der Waals surface area contributed by atoms with Crippen LogP contribution >= 0.6 is 0 Å². The fraction of sp³-hybridized carbons (Fsp3) is 0.600. The number of nitrogens with one attached hydrogen (secondary N) is 1. The maximum atomic E-state index is 11.9. The molecule has 2 heterocycles. The highest BCUT2D eigenvalue weighted by molar-refractivity contribution is 5.85. The number of carbonyl (C=O) groups excluding carboxylic acids is 1. The van der Waals surface area contributed by atoms with E-state index in [4.69, 9.17) is 10.5 Å². The van der Waals surface area contributed by atoms with Crippen molar-refractivity contribution in [3.63, 3.8) is 0 Å². The molecule has 114 valence electrons. The fourth-order valence-corrected chi connectivity index (χ4v) is 2.68. The van der Waals surface area contributed by atoms with E-state index >= 15 is 0 Å². The fourth-order valence-electron chi connectivity index (χ4n) is 2.68. The van der Waals surface area contributed by atoms with Crippen LogP contribution in [0.1, 0.15) is 25.7 Å². The minimum Gasteiger partial charge on any atom is -0.476 e. The van der Waals surface area contributed by atoms with Gasteiger partial charge in [0.05, 0.1) is 12.3 Å². The number of nitrogens with zero attached hydrogens (tertiary/aromatic N) is 2. The molecule has 1 unspecified atom stereocenters. The van der Waals surface area contributed by atoms with Gasteiger partial charge >= 0.3 is 0 Å². The Hall–Kier alpha value is -1.98. The summed E-state index contributed by atoms with van der Waals surface area (Å²) in [5.41, 5.74) is 6.48. The number of carbonyl (C=O) groups is 1. The Bertz CT molecular complexity index is 530. The van der Waals surface area contributed by atoms with Gasteiger partial charge in [0.15, 0.2) is 0 Å². The minimum absolute atomic E-state index is 0.0339. The Kier molecular flexibility index (Phi) is 3.86. The predicted molar refractivity (Wildman–Crippen MR) is 81.3 cm³/mol. The largest absolute Gasteiger partial charge is 0.476 e. The first-order valence-electron chi connectivity index (χ1n) is 7.56. The molecular weight excluding hydrogens is 268 g/mol. The molecule has 1 atom stereocenters. The predicted octanol–water partition coefficient (Wildman–Crippen LogP) is 1.17. The third kappa shape index (κ3) is 3.04. The lowest BCUT2D eigenvalue weighted by Gasteiger charge is -2.25. The average molecular weight is 290 g/mol. The van der Waals surface area contributed by atoms with Gasteiger partial charge in [0, 0.05) is 13.6 Å². The van der Waals surface area contributed by atoms with Crippen molar-refractivity contribution >= 4 is 17.4 Å². The minimum atomic E-state index is -0.151. The molecule has 1 aliphatic carbocycles. The average Bonchev–Trinajstić information content (AvgIpc) is 3.20. The molecule has 1 saturated heterocycles. The van der Waals surface area contributed by atoms with Crippen molar-refractivity contribution < 1.29 is 9.53 Å². The zero-order chi connectivity index (χ0) is 14.8. The second kappa shape index (κ2) is 5.79. The second-order valence-corrected chi connectivity index (χ2v) is 5.78. The lowest BCUT2D eigenvalue weighted by molar-refractivity contribution is -0.121. The van der Waals surface area contributed by atoms with E-state index in [2.05, 4.69) is 10.3 Å². The highest BCUT2D eigenvalue weighted by Gasteiger charge is 2.31. The van der Waals surface area contributed by atoms with Crippen LogP contribution in [0.2, 0.25) is 0 Å². The lowest BCUT2D eigenvalue weighted by atomic mass is 10.2. The Labute approximate surface area is 124 Å². The standard InChI is InChI=1S/C15H22N4O2/c1-17-14(20)12-3-2-8-19(12)13-7-6-11(16)15(18-13)21-9-10-4-5-10/h6-7,10,12H,2-5,8-9,16H2,1H3,(H,17,20). The van der Waals surface area contributed by atoms with Gasteiger partial charge in [0.2, 0.25) is 11.8 Å². The second-order valence-electron chi connectivity index (χ2n) is 5.78. The summed E-state index contributed by atoms with van der Waals surface area (Å²) in [4.78, 5) is 18.5. The molecule has 1 aliphatic heterocycles. The van der Waals surface area contributed by atoms with E-state index in [1.807, 2.05) is 17.0 Å². The normalized spacial score (nSPS) is 21.4. The van der Waals surface area contributed by atoms with Gasteiger partial charge in [-0.3, -0.25) is 4.79 Å². The van der Waals surface area contributed by atoms with Crippen LogP contribution in [0.3, 0.4) is 0 Å². The zero-order valence-corrected chi connectivity index (χ0v) is 12.3. The summed E-state index contributed by atoms with van der Waals surface area (Å²) < 4.78 is 5.72. The first-order valence-corrected chi connectivity index (χ1v) is 7.56. The zero-order valence-electron chi connectivity index (χ0n) is 12.3. The number of rotatable bonds is 5. The Morgan fingerprint density at radius 2 is 2.29 bits per heavy atom. The summed E-state index contributed by atoms with van der Waals surface area (Å²) in [6, 6.07) is 3.52. The number of ether oxygens (including phenoxy) is 1. The van der Waals surface area contributed by atoms with Crippen molar-refractivity contribution in [1.29, 1.82) is 0 Å². The molecule has 2 aliphatic rings. The molecule has 6 heteroatoms. The van der Waals surface area contributed by atoms with Gasteiger partial charge in [0.25, 0.3) is 0 Å². The van der Waals surface area contributed by atoms with Crippen LogP contribution in [0.25, 0.3) is 0 Å². The molecule has 3 rings (SSSR count). The number of amides is 1. The summed E-state index contributed by atoms with van der Waals surface area (Å²) in [7, 11) is 1.67. The number of pyridine rings is 1. The number of hydrogen-bond acceptors (Lipinski definition) is 5. The number of likely N-dealkylation sites (N-methyl/N-ethyl adjacent to an activating group) is 1. The van der Waals surface area contributed by atoms with Crippen LogP contribution in [-0.4, -0.2) is 37.1 Å². The molecule has 0 radical (unpaired) electrons. The number of nitrogen functional groups attached to an aromatic ring is 1. The van der Waals surface area contributed by atoms with Crippen LogP contribution in [0.5, 0.6) is 5.88 Å². The van der Waals surface area contributed by atoms with E-state index in [9.17, 15) is 4.79 Å². The van der Waals surface area contributed by atoms with Crippen molar-refractivity contribution in [3.8, 4) is 5.88 Å². The number of aromatic nitrogens is 1. The first-order chi connectivity index (χ1) is 10.2. The van der Waals surface area contributed by atoms with Gasteiger partial charge in [-0.15, -0.1) is 0 Å². The third-order valence-corrected chi connectivity index (χ3v) is 4.12. The molecule has 2 fully saturated rings. The van der Waals surface area contributed by atoms with Gasteiger partial charge in [-0.05, 0) is 43.7 Å². The number of nitrogens with two attached hydrogens (primary N) is 1. The number of anilines is 2. The smallest absolute Gasteiger partial charge is 0.242 e. The maximum Gasteiger partial charge on any atom is 0.242 e. The molecule has 0 aromatic carbocycles. The van der Waals surface area contributed by atoms with Gasteiger partial charge < -0.3 is 20.7 Å². The topological polar surface area (TPSA) is 80.5 Å². The van der Waals surface area contributed by atoms with Gasteiger partial charge in [-0.1, -0.05) is 0 Å². The molecule has 6 nitrogen and oxygen atoms in total. The Morgan fingerprint density at radius 3 is 3.00 bits per heavy atom. The molecule has 21 heavy (non-hydrogen) atoms. The third-order valence-electron chi connectivity index (χ3n) is 4.12. The van der Waals surface area contributed by atoms with E-state index in [0.29, 0.717) is 24.1 Å². The van der Waals surface area contributed by atoms with Crippen LogP contribution in [-0.2, 0) is 4.79 Å². The van der Waals surface area contributed by atoms with Crippen LogP contribution < -0.4 is 20.7 Å². The van der Waals surface area contributed by atoms with E-state index < -0.39 is 0 Å². The van der Waals surface area contributed by atoms with E-state index in [-0.39, 0.29) is 11.9 Å². The van der Waals surface area contributed by atoms with Gasteiger partial charge in [-0.25, -0.2) is 0 Å². The molecule has 0 bridgehead atoms. The van der Waals surface area contributed by atoms with Crippen molar-refractivity contribution in [3.05, 3.63) is 12.1 Å². The quantitative estimate of drug-likeness (QED) is 0.851. The molecule has 0 spiro atoms. The molecule has 1 amide bonds. The van der Waals surface area contributed by atoms with Crippen LogP contribution in [0.15, 0.2) is 12.1 Å². The van der Waals surface area contributed by atoms with E-state index in [1.54, 1.807) is 7.05 Å².